The summed E-state index contributed by atoms with van der Waals surface area (Å²) >= 11 is 2.44. The first-order valence-electron chi connectivity index (χ1n) is 4.36. The largest absolute Gasteiger partial charge is 0.0864 e. The van der Waals surface area contributed by atoms with E-state index in [9.17, 15) is 0 Å². The summed E-state index contributed by atoms with van der Waals surface area (Å²) in [5.74, 6) is 0.711. The fraction of sp³-hybridized carbons (Fsp3) is 0.455. The van der Waals surface area contributed by atoms with Gasteiger partial charge >= 0.3 is 0 Å². The van der Waals surface area contributed by atoms with E-state index in [1.54, 1.807) is 0 Å². The molecule has 0 saturated carbocycles. The van der Waals surface area contributed by atoms with Crippen LogP contribution in [0.25, 0.3) is 0 Å². The highest BCUT2D eigenvalue weighted by Crippen LogP contribution is 2.19. The molecule has 0 nitrogen and oxygen atoms in total. The van der Waals surface area contributed by atoms with Crippen molar-refractivity contribution < 1.29 is 0 Å². The molecule has 0 saturated heterocycles. The Hall–Kier alpha value is -0.0500. The monoisotopic (exact) mass is 274 g/mol. The lowest BCUT2D eigenvalue weighted by Gasteiger charge is -2.09. The molecule has 0 aliphatic rings. The van der Waals surface area contributed by atoms with Gasteiger partial charge in [0, 0.05) is 4.43 Å². The van der Waals surface area contributed by atoms with Crippen LogP contribution in [-0.2, 0) is 0 Å². The Labute approximate surface area is 88.5 Å². The molecule has 12 heavy (non-hydrogen) atoms. The van der Waals surface area contributed by atoms with Crippen molar-refractivity contribution in [2.75, 3.05) is 4.43 Å². The predicted octanol–water partition coefficient (Wildman–Crippen LogP) is 3.92. The lowest BCUT2D eigenvalue weighted by Crippen LogP contribution is -1.93. The number of hydrogen-bond acceptors (Lipinski definition) is 0. The average molecular weight is 274 g/mol. The lowest BCUT2D eigenvalue weighted by atomic mass is 9.98. The maximum Gasteiger partial charge on any atom is 0.0000988 e. The Kier molecular flexibility index (Phi) is 4.06. The molecule has 1 heteroatoms. The Morgan fingerprint density at radius 2 is 1.83 bits per heavy atom. The molecule has 1 rings (SSSR count). The minimum atomic E-state index is 0.711. The topological polar surface area (TPSA) is 0 Å². The van der Waals surface area contributed by atoms with Crippen molar-refractivity contribution in [1.29, 1.82) is 0 Å². The SMILES string of the molecule is Cc1ccc(C(C)CCI)cc1. The Balaban J connectivity index is 2.68. The Bertz CT molecular complexity index is 225. The van der Waals surface area contributed by atoms with Gasteiger partial charge in [0.2, 0.25) is 0 Å². The van der Waals surface area contributed by atoms with E-state index in [2.05, 4.69) is 60.7 Å². The molecule has 0 aromatic heterocycles. The van der Waals surface area contributed by atoms with Gasteiger partial charge in [-0.2, -0.15) is 0 Å². The number of rotatable bonds is 3. The van der Waals surface area contributed by atoms with Gasteiger partial charge in [-0.05, 0) is 24.8 Å². The standard InChI is InChI=1S/C11H15I/c1-9-3-5-11(6-4-9)10(2)7-8-12/h3-6,10H,7-8H2,1-2H3. The van der Waals surface area contributed by atoms with E-state index in [4.69, 9.17) is 0 Å². The molecule has 0 spiro atoms. The first-order chi connectivity index (χ1) is 5.74. The van der Waals surface area contributed by atoms with Crippen molar-refractivity contribution in [2.45, 2.75) is 26.2 Å². The molecule has 1 aromatic rings. The smallest absolute Gasteiger partial charge is 0.0000988 e. The summed E-state index contributed by atoms with van der Waals surface area (Å²) in [5.41, 5.74) is 2.82. The van der Waals surface area contributed by atoms with Crippen LogP contribution in [-0.4, -0.2) is 4.43 Å². The van der Waals surface area contributed by atoms with Gasteiger partial charge in [-0.1, -0.05) is 59.3 Å². The molecule has 0 fully saturated rings. The van der Waals surface area contributed by atoms with E-state index in [-0.39, 0.29) is 0 Å². The maximum atomic E-state index is 2.44. The number of alkyl halides is 1. The second-order valence-electron chi connectivity index (χ2n) is 3.29. The molecule has 0 aliphatic carbocycles. The van der Waals surface area contributed by atoms with Crippen molar-refractivity contribution in [1.82, 2.24) is 0 Å². The van der Waals surface area contributed by atoms with Gasteiger partial charge in [0.25, 0.3) is 0 Å². The highest BCUT2D eigenvalue weighted by molar-refractivity contribution is 14.1. The van der Waals surface area contributed by atoms with E-state index in [1.807, 2.05) is 0 Å². The minimum absolute atomic E-state index is 0.711. The van der Waals surface area contributed by atoms with Crippen molar-refractivity contribution >= 4 is 22.6 Å². The van der Waals surface area contributed by atoms with Crippen molar-refractivity contribution in [3.05, 3.63) is 35.4 Å². The molecule has 1 unspecified atom stereocenters. The zero-order valence-corrected chi connectivity index (χ0v) is 9.84. The Morgan fingerprint density at radius 3 is 2.33 bits per heavy atom. The third-order valence-electron chi connectivity index (χ3n) is 2.19. The quantitative estimate of drug-likeness (QED) is 0.579. The summed E-state index contributed by atoms with van der Waals surface area (Å²) in [6.07, 6.45) is 1.28. The van der Waals surface area contributed by atoms with Crippen molar-refractivity contribution in [2.24, 2.45) is 0 Å². The zero-order chi connectivity index (χ0) is 8.97. The van der Waals surface area contributed by atoms with Crippen LogP contribution in [0.2, 0.25) is 0 Å². The van der Waals surface area contributed by atoms with Gasteiger partial charge in [0.15, 0.2) is 0 Å². The fourth-order valence-corrected chi connectivity index (χ4v) is 2.16. The van der Waals surface area contributed by atoms with Crippen LogP contribution in [0.15, 0.2) is 24.3 Å². The van der Waals surface area contributed by atoms with E-state index in [1.165, 1.54) is 22.0 Å². The molecular weight excluding hydrogens is 259 g/mol. The van der Waals surface area contributed by atoms with Crippen LogP contribution < -0.4 is 0 Å². The predicted molar refractivity (Wildman–Crippen MR) is 63.1 cm³/mol. The van der Waals surface area contributed by atoms with Crippen LogP contribution >= 0.6 is 22.6 Å². The van der Waals surface area contributed by atoms with Gasteiger partial charge in [0.1, 0.15) is 0 Å². The third-order valence-corrected chi connectivity index (χ3v) is 2.81. The van der Waals surface area contributed by atoms with Gasteiger partial charge in [-0.15, -0.1) is 0 Å². The molecule has 0 N–H and O–H groups in total. The van der Waals surface area contributed by atoms with Crippen LogP contribution in [0.1, 0.15) is 30.4 Å². The van der Waals surface area contributed by atoms with Crippen LogP contribution in [0.3, 0.4) is 0 Å². The average Bonchev–Trinajstić information content (AvgIpc) is 2.06. The number of benzene rings is 1. The van der Waals surface area contributed by atoms with Gasteiger partial charge < -0.3 is 0 Å². The highest BCUT2D eigenvalue weighted by Gasteiger charge is 2.02. The second kappa shape index (κ2) is 4.85. The molecule has 0 bridgehead atoms. The minimum Gasteiger partial charge on any atom is -0.0864 e. The first-order valence-corrected chi connectivity index (χ1v) is 5.89. The maximum absolute atomic E-state index is 2.44. The first kappa shape index (κ1) is 10.0. The fourth-order valence-electron chi connectivity index (χ4n) is 1.23. The molecule has 66 valence electrons. The molecule has 0 aliphatic heterocycles. The number of hydrogen-bond donors (Lipinski definition) is 0. The van der Waals surface area contributed by atoms with Crippen molar-refractivity contribution in [3.63, 3.8) is 0 Å². The second-order valence-corrected chi connectivity index (χ2v) is 4.37. The van der Waals surface area contributed by atoms with Crippen molar-refractivity contribution in [3.8, 4) is 0 Å². The molecule has 0 heterocycles. The normalized spacial score (nSPS) is 12.9. The summed E-state index contributed by atoms with van der Waals surface area (Å²) in [6, 6.07) is 8.87. The summed E-state index contributed by atoms with van der Waals surface area (Å²) in [6.45, 7) is 4.43. The summed E-state index contributed by atoms with van der Waals surface area (Å²) in [7, 11) is 0. The van der Waals surface area contributed by atoms with Gasteiger partial charge in [-0.25, -0.2) is 0 Å². The summed E-state index contributed by atoms with van der Waals surface area (Å²) in [4.78, 5) is 0. The van der Waals surface area contributed by atoms with Crippen LogP contribution in [0.4, 0.5) is 0 Å². The molecule has 0 amide bonds. The van der Waals surface area contributed by atoms with Gasteiger partial charge in [0.05, 0.1) is 0 Å². The summed E-state index contributed by atoms with van der Waals surface area (Å²) in [5, 5.41) is 0. The zero-order valence-electron chi connectivity index (χ0n) is 7.68. The number of halogens is 1. The Morgan fingerprint density at radius 1 is 1.25 bits per heavy atom. The van der Waals surface area contributed by atoms with E-state index < -0.39 is 0 Å². The van der Waals surface area contributed by atoms with E-state index in [0.29, 0.717) is 5.92 Å². The number of aryl methyl sites for hydroxylation is 1. The van der Waals surface area contributed by atoms with Crippen LogP contribution in [0, 0.1) is 6.92 Å². The molecule has 1 atom stereocenters. The molecule has 0 radical (unpaired) electrons. The lowest BCUT2D eigenvalue weighted by molar-refractivity contribution is 0.747. The van der Waals surface area contributed by atoms with E-state index in [0.717, 1.165) is 0 Å². The molecular formula is C11H15I. The highest BCUT2D eigenvalue weighted by atomic mass is 127. The van der Waals surface area contributed by atoms with E-state index >= 15 is 0 Å². The van der Waals surface area contributed by atoms with Crippen LogP contribution in [0.5, 0.6) is 0 Å². The summed E-state index contributed by atoms with van der Waals surface area (Å²) < 4.78 is 1.24. The molecule has 1 aromatic carbocycles. The van der Waals surface area contributed by atoms with Gasteiger partial charge in [-0.3, -0.25) is 0 Å². The third kappa shape index (κ3) is 2.77.